The fourth-order valence-corrected chi connectivity index (χ4v) is 14.6. The third-order valence-corrected chi connectivity index (χ3v) is 19.3. The molecule has 3 amide bonds. The highest BCUT2D eigenvalue weighted by Gasteiger charge is 2.43. The van der Waals surface area contributed by atoms with Crippen molar-refractivity contribution in [3.63, 3.8) is 0 Å². The van der Waals surface area contributed by atoms with E-state index < -0.39 is 5.97 Å². The Kier molecular flexibility index (Phi) is 29.9. The smallest absolute Gasteiger partial charge is 0.337 e. The van der Waals surface area contributed by atoms with Gasteiger partial charge in [0.2, 0.25) is 23.5 Å². The van der Waals surface area contributed by atoms with Gasteiger partial charge in [-0.05, 0) is 136 Å². The first-order valence-corrected chi connectivity index (χ1v) is 33.1. The molecule has 6 aliphatic carbocycles. The van der Waals surface area contributed by atoms with Crippen molar-refractivity contribution in [2.75, 3.05) is 66.6 Å². The Morgan fingerprint density at radius 2 is 0.768 bits per heavy atom. The molecule has 95 heavy (non-hydrogen) atoms. The zero-order chi connectivity index (χ0) is 67.1. The molecule has 2 saturated heterocycles. The molecule has 8 fully saturated rings. The molecule has 0 aromatic carbocycles. The Bertz CT molecular complexity index is 3160. The second kappa shape index (κ2) is 37.8. The van der Waals surface area contributed by atoms with E-state index in [4.69, 9.17) is 69.7 Å². The SMILES string of the molecule is CO.COc1ccc(C(=O)NC2C[C@@H]3CN(c4cnc(Cl)cn4)C[C@@H]3C2)cn1.COc1ccc(C(=O)NC2C[C@H]3CCC[C@H]3C2)cn1.COc1ccc(C(=O)NC2C[C@H]3CNC[C@H]3C2)cn1.COc1ccc(C(=O)O)cn1.Cl.Clc1cnc(Cl)cn1.NC1C[C@H]2CCC[C@H]2C1. The Hall–Kier alpha value is -7.32. The zero-order valence-electron chi connectivity index (χ0n) is 54.2. The summed E-state index contributed by atoms with van der Waals surface area (Å²) in [7, 11) is 7.16. The van der Waals surface area contributed by atoms with Crippen LogP contribution in [0.15, 0.2) is 98.1 Å². The molecule has 0 spiro atoms. The fraction of sp³-hybridized carbons (Fsp3) is 0.522. The van der Waals surface area contributed by atoms with Crippen molar-refractivity contribution in [2.24, 2.45) is 53.1 Å². The number of carbonyl (C=O) groups is 4. The minimum absolute atomic E-state index is 0. The number of anilines is 1. The molecule has 8 aliphatic rings. The van der Waals surface area contributed by atoms with Gasteiger partial charge in [0.05, 0.1) is 75.5 Å². The molecule has 514 valence electrons. The van der Waals surface area contributed by atoms with E-state index in [2.05, 4.69) is 66.0 Å². The second-order valence-electron chi connectivity index (χ2n) is 24.7. The molecule has 0 bridgehead atoms. The van der Waals surface area contributed by atoms with Gasteiger partial charge in [-0.25, -0.2) is 44.7 Å². The number of nitrogens with one attached hydrogen (secondary N) is 4. The van der Waals surface area contributed by atoms with Crippen LogP contribution in [-0.4, -0.2) is 160 Å². The summed E-state index contributed by atoms with van der Waals surface area (Å²) in [5.74, 6) is 8.07. The number of fused-ring (bicyclic) bond motifs is 4. The number of methoxy groups -OCH3 is 4. The summed E-state index contributed by atoms with van der Waals surface area (Å²) in [6.45, 7) is 4.08. The number of aromatic nitrogens is 8. The number of hydrogen-bond acceptors (Lipinski definition) is 20. The van der Waals surface area contributed by atoms with Crippen LogP contribution in [-0.2, 0) is 0 Å². The van der Waals surface area contributed by atoms with Crippen LogP contribution in [0.3, 0.4) is 0 Å². The van der Waals surface area contributed by atoms with Gasteiger partial charge in [0.25, 0.3) is 17.7 Å². The van der Waals surface area contributed by atoms with Crippen molar-refractivity contribution in [3.05, 3.63) is 136 Å². The van der Waals surface area contributed by atoms with E-state index in [1.165, 1.54) is 89.2 Å². The number of hydrogen-bond donors (Lipinski definition) is 7. The number of nitrogens with zero attached hydrogens (tertiary/aromatic N) is 9. The maximum atomic E-state index is 12.4. The number of pyridine rings is 4. The molecular formula is C67H88Cl4N14O10. The van der Waals surface area contributed by atoms with Crippen LogP contribution in [0.5, 0.6) is 23.5 Å². The zero-order valence-corrected chi connectivity index (χ0v) is 57.3. The van der Waals surface area contributed by atoms with Crippen molar-refractivity contribution in [2.45, 2.75) is 114 Å². The number of carbonyl (C=O) groups excluding carboxylic acids is 3. The molecule has 28 heteroatoms. The van der Waals surface area contributed by atoms with Gasteiger partial charge in [-0.15, -0.1) is 12.4 Å². The molecule has 6 aromatic heterocycles. The summed E-state index contributed by atoms with van der Waals surface area (Å²) >= 11 is 16.6. The molecule has 24 nitrogen and oxygen atoms in total. The average Bonchev–Trinajstić information content (AvgIpc) is 1.67. The number of carboxylic acids is 1. The third kappa shape index (κ3) is 22.4. The van der Waals surface area contributed by atoms with Crippen LogP contribution >= 0.6 is 47.2 Å². The Balaban J connectivity index is 0.000000167. The molecule has 4 unspecified atom stereocenters. The van der Waals surface area contributed by atoms with Crippen LogP contribution in [0, 0.1) is 47.3 Å². The molecule has 2 aliphatic heterocycles. The summed E-state index contributed by atoms with van der Waals surface area (Å²) < 4.78 is 19.7. The lowest BCUT2D eigenvalue weighted by molar-refractivity contribution is 0.0695. The highest BCUT2D eigenvalue weighted by Crippen LogP contribution is 2.45. The molecule has 14 rings (SSSR count). The highest BCUT2D eigenvalue weighted by atomic mass is 35.5. The number of aliphatic hydroxyl groups excluding tert-OH is 1. The highest BCUT2D eigenvalue weighted by molar-refractivity contribution is 6.31. The van der Waals surface area contributed by atoms with Crippen LogP contribution < -0.4 is 50.8 Å². The average molecular weight is 1390 g/mol. The predicted octanol–water partition coefficient (Wildman–Crippen LogP) is 9.52. The van der Waals surface area contributed by atoms with Gasteiger partial charge in [-0.1, -0.05) is 73.3 Å². The molecule has 8 heterocycles. The maximum Gasteiger partial charge on any atom is 0.337 e. The molecular weight excluding hydrogens is 1300 g/mol. The van der Waals surface area contributed by atoms with Crippen molar-refractivity contribution < 1.29 is 48.3 Å². The van der Waals surface area contributed by atoms with Crippen LogP contribution in [0.4, 0.5) is 5.82 Å². The van der Waals surface area contributed by atoms with E-state index in [9.17, 15) is 19.2 Å². The topological polar surface area (TPSA) is 326 Å². The van der Waals surface area contributed by atoms with Crippen molar-refractivity contribution in [1.29, 1.82) is 0 Å². The number of amides is 3. The van der Waals surface area contributed by atoms with Gasteiger partial charge in [0.15, 0.2) is 0 Å². The minimum Gasteiger partial charge on any atom is -0.481 e. The maximum absolute atomic E-state index is 12.4. The van der Waals surface area contributed by atoms with E-state index in [-0.39, 0.29) is 41.7 Å². The lowest BCUT2D eigenvalue weighted by Gasteiger charge is -2.20. The van der Waals surface area contributed by atoms with E-state index in [1.54, 1.807) is 88.7 Å². The normalized spacial score (nSPS) is 24.9. The van der Waals surface area contributed by atoms with Gasteiger partial charge in [0, 0.05) is 93.4 Å². The monoisotopic (exact) mass is 1390 g/mol. The fourth-order valence-electron chi connectivity index (χ4n) is 14.3. The molecule has 6 saturated carbocycles. The number of aromatic carboxylic acids is 1. The number of aliphatic hydroxyl groups is 1. The Labute approximate surface area is 576 Å². The quantitative estimate of drug-likeness (QED) is 0.0599. The summed E-state index contributed by atoms with van der Waals surface area (Å²) in [5, 5.41) is 29.4. The first kappa shape index (κ1) is 75.1. The summed E-state index contributed by atoms with van der Waals surface area (Å²) in [5.41, 5.74) is 7.74. The first-order chi connectivity index (χ1) is 45.5. The van der Waals surface area contributed by atoms with E-state index in [0.29, 0.717) is 85.6 Å². The van der Waals surface area contributed by atoms with Crippen molar-refractivity contribution in [3.8, 4) is 23.5 Å². The first-order valence-electron chi connectivity index (χ1n) is 32.0. The van der Waals surface area contributed by atoms with Gasteiger partial charge in [0.1, 0.15) is 21.3 Å². The largest absolute Gasteiger partial charge is 0.481 e. The second-order valence-corrected chi connectivity index (χ2v) is 25.8. The molecule has 8 N–H and O–H groups in total. The standard InChI is InChI=1S/C18H20ClN5O2.C15H20N2O2.C14H19N3O2.C8H15N.C7H7NO3.C4H2Cl2N2.CH4O.ClH/c1-26-17-3-2-11(6-22-17)18(25)23-14-4-12-9-24(10-13(12)5-14)16-8-20-15(19)7-21-16;1-19-14-6-5-12(9-16-14)15(18)17-13-7-10-3-2-4-11(10)8-13;1-19-13-3-2-9(8-16-13)14(18)17-12-4-10-6-15-7-11(10)5-12;9-8-4-6-2-1-3-7(6)5-8;1-11-6-3-2-5(4-8-6)7(9)10;5-3-1-7-4(6)2-8-3;1-2;/h2-3,6-8,12-14H,4-5,9-10H2,1H3,(H,23,25);5-6,9-11,13H,2-4,7-8H2,1H3,(H,17,18);2-3,8,10-12,15H,4-7H2,1H3,(H,17,18);6-8H,1-5,9H2;2-4H,1H3,(H,9,10);1-2H;2H,1H3;1H/t12-,13+,14?;10-,11+,13?;10-,11+,12?;6-,7+,8?;;;;. The number of ether oxygens (including phenoxy) is 4. The number of carboxylic acid groups (broad SMARTS) is 1. The van der Waals surface area contributed by atoms with Crippen molar-refractivity contribution in [1.82, 2.24) is 61.1 Å². The van der Waals surface area contributed by atoms with E-state index >= 15 is 0 Å². The molecule has 6 aromatic rings. The molecule has 0 radical (unpaired) electrons. The van der Waals surface area contributed by atoms with Crippen molar-refractivity contribution >= 4 is 76.7 Å². The number of halogens is 4. The summed E-state index contributed by atoms with van der Waals surface area (Å²) in [4.78, 5) is 80.9. The van der Waals surface area contributed by atoms with Gasteiger partial charge >= 0.3 is 5.97 Å². The minimum atomic E-state index is -0.986. The van der Waals surface area contributed by atoms with Crippen LogP contribution in [0.25, 0.3) is 0 Å². The lowest BCUT2D eigenvalue weighted by atomic mass is 10.0. The van der Waals surface area contributed by atoms with Crippen LogP contribution in [0.1, 0.15) is 131 Å². The van der Waals surface area contributed by atoms with Gasteiger partial charge in [-0.3, -0.25) is 14.4 Å². The Morgan fingerprint density at radius 1 is 0.453 bits per heavy atom. The summed E-state index contributed by atoms with van der Waals surface area (Å²) in [6, 6.07) is 14.7. The van der Waals surface area contributed by atoms with Gasteiger partial charge in [-0.2, -0.15) is 0 Å². The lowest BCUT2D eigenvalue weighted by Crippen LogP contribution is -2.35. The van der Waals surface area contributed by atoms with E-state index in [1.807, 2.05) is 0 Å². The number of rotatable bonds is 12. The third-order valence-electron chi connectivity index (χ3n) is 18.8. The molecule has 12 atom stereocenters. The van der Waals surface area contributed by atoms with E-state index in [0.717, 1.165) is 113 Å². The summed E-state index contributed by atoms with van der Waals surface area (Å²) in [6.07, 6.45) is 29.6. The number of nitrogens with two attached hydrogens (primary N) is 1. The van der Waals surface area contributed by atoms with Gasteiger partial charge < -0.3 is 61.1 Å². The Morgan fingerprint density at radius 3 is 1.07 bits per heavy atom. The van der Waals surface area contributed by atoms with Crippen LogP contribution in [0.2, 0.25) is 15.5 Å². The predicted molar refractivity (Wildman–Crippen MR) is 364 cm³/mol.